The summed E-state index contributed by atoms with van der Waals surface area (Å²) >= 11 is 0. The number of hydrogen-bond acceptors (Lipinski definition) is 8. The van der Waals surface area contributed by atoms with Crippen LogP contribution >= 0.6 is 0 Å². The molecular formula is C8H16O8. The maximum Gasteiger partial charge on any atom is 0.184 e. The number of hydrogen-bond donors (Lipinski definition) is 7. The van der Waals surface area contributed by atoms with E-state index in [4.69, 9.17) is 20.4 Å². The lowest BCUT2D eigenvalue weighted by atomic mass is 9.93. The maximum absolute atomic E-state index is 9.44. The molecule has 0 aromatic carbocycles. The van der Waals surface area contributed by atoms with E-state index in [1.165, 1.54) is 0 Å². The molecule has 96 valence electrons. The lowest BCUT2D eigenvalue weighted by Gasteiger charge is -2.40. The molecule has 0 saturated carbocycles. The summed E-state index contributed by atoms with van der Waals surface area (Å²) < 4.78 is 4.64. The van der Waals surface area contributed by atoms with Crippen LogP contribution in [0.5, 0.6) is 0 Å². The Bertz CT molecular complexity index is 220. The van der Waals surface area contributed by atoms with Gasteiger partial charge < -0.3 is 40.5 Å². The summed E-state index contributed by atoms with van der Waals surface area (Å²) in [6, 6.07) is 0. The van der Waals surface area contributed by atoms with Crippen LogP contribution < -0.4 is 0 Å². The average molecular weight is 240 g/mol. The van der Waals surface area contributed by atoms with Crippen LogP contribution in [0.4, 0.5) is 0 Å². The van der Waals surface area contributed by atoms with Crippen LogP contribution in [0.2, 0.25) is 0 Å². The fourth-order valence-corrected chi connectivity index (χ4v) is 1.50. The molecule has 1 fully saturated rings. The average Bonchev–Trinajstić information content (AvgIpc) is 2.29. The molecule has 0 aromatic rings. The van der Waals surface area contributed by atoms with Gasteiger partial charge in [-0.25, -0.2) is 0 Å². The molecule has 0 unspecified atom stereocenters. The van der Waals surface area contributed by atoms with Crippen LogP contribution in [0.3, 0.4) is 0 Å². The van der Waals surface area contributed by atoms with E-state index in [9.17, 15) is 15.3 Å². The molecule has 8 heteroatoms. The fraction of sp³-hybridized carbons (Fsp3) is 1.00. The van der Waals surface area contributed by atoms with Crippen molar-refractivity contribution in [2.45, 2.75) is 42.9 Å². The van der Waals surface area contributed by atoms with Crippen LogP contribution in [0.15, 0.2) is 0 Å². The van der Waals surface area contributed by atoms with Crippen molar-refractivity contribution in [3.8, 4) is 0 Å². The van der Waals surface area contributed by atoms with Crippen LogP contribution in [0.25, 0.3) is 0 Å². The zero-order valence-corrected chi connectivity index (χ0v) is 8.29. The summed E-state index contributed by atoms with van der Waals surface area (Å²) in [6.07, 6.45) is -11.7. The Balaban J connectivity index is 2.73. The zero-order valence-electron chi connectivity index (χ0n) is 8.29. The van der Waals surface area contributed by atoms with Gasteiger partial charge in [-0.1, -0.05) is 0 Å². The van der Waals surface area contributed by atoms with Gasteiger partial charge in [-0.3, -0.25) is 0 Å². The number of aliphatic hydroxyl groups is 7. The highest BCUT2D eigenvalue weighted by atomic mass is 16.6. The minimum atomic E-state index is -1.79. The van der Waals surface area contributed by atoms with E-state index in [2.05, 4.69) is 4.74 Å². The van der Waals surface area contributed by atoms with E-state index >= 15 is 0 Å². The molecule has 1 saturated heterocycles. The van der Waals surface area contributed by atoms with Gasteiger partial charge in [0.25, 0.3) is 0 Å². The molecule has 0 spiro atoms. The largest absolute Gasteiger partial charge is 0.394 e. The van der Waals surface area contributed by atoms with Gasteiger partial charge in [-0.05, 0) is 0 Å². The van der Waals surface area contributed by atoms with Crippen LogP contribution in [-0.2, 0) is 4.74 Å². The molecule has 7 N–H and O–H groups in total. The van der Waals surface area contributed by atoms with Gasteiger partial charge in [0.15, 0.2) is 6.29 Å². The van der Waals surface area contributed by atoms with Crippen molar-refractivity contribution in [1.29, 1.82) is 0 Å². The molecule has 7 atom stereocenters. The smallest absolute Gasteiger partial charge is 0.184 e. The fourth-order valence-electron chi connectivity index (χ4n) is 1.50. The van der Waals surface area contributed by atoms with Gasteiger partial charge in [0.05, 0.1) is 6.61 Å². The molecule has 1 aliphatic heterocycles. The number of aliphatic hydroxyl groups excluding tert-OH is 7. The highest BCUT2D eigenvalue weighted by Gasteiger charge is 2.47. The first kappa shape index (κ1) is 13.7. The van der Waals surface area contributed by atoms with E-state index in [1.807, 2.05) is 0 Å². The third-order valence-electron chi connectivity index (χ3n) is 2.54. The molecule has 1 aliphatic rings. The van der Waals surface area contributed by atoms with Crippen molar-refractivity contribution >= 4 is 0 Å². The summed E-state index contributed by atoms with van der Waals surface area (Å²) in [5.41, 5.74) is 0. The second kappa shape index (κ2) is 5.34. The van der Waals surface area contributed by atoms with Gasteiger partial charge in [0.1, 0.15) is 36.6 Å². The maximum atomic E-state index is 9.44. The Kier molecular flexibility index (Phi) is 4.59. The second-order valence-electron chi connectivity index (χ2n) is 3.70. The summed E-state index contributed by atoms with van der Waals surface area (Å²) in [6.45, 7) is -0.775. The van der Waals surface area contributed by atoms with Gasteiger partial charge in [-0.2, -0.15) is 0 Å². The molecule has 0 amide bonds. The first-order valence-corrected chi connectivity index (χ1v) is 4.75. The van der Waals surface area contributed by atoms with Crippen molar-refractivity contribution in [3.05, 3.63) is 0 Å². The van der Waals surface area contributed by atoms with E-state index in [-0.39, 0.29) is 0 Å². The van der Waals surface area contributed by atoms with Gasteiger partial charge in [-0.15, -0.1) is 0 Å². The molecule has 0 aliphatic carbocycles. The third kappa shape index (κ3) is 2.50. The molecule has 8 nitrogen and oxygen atoms in total. The van der Waals surface area contributed by atoms with Gasteiger partial charge >= 0.3 is 0 Å². The first-order chi connectivity index (χ1) is 7.40. The van der Waals surface area contributed by atoms with E-state index < -0.39 is 49.5 Å². The minimum Gasteiger partial charge on any atom is -0.394 e. The monoisotopic (exact) mass is 240 g/mol. The summed E-state index contributed by atoms with van der Waals surface area (Å²) in [7, 11) is 0. The van der Waals surface area contributed by atoms with Crippen LogP contribution in [0, 0.1) is 0 Å². The second-order valence-corrected chi connectivity index (χ2v) is 3.70. The predicted molar refractivity (Wildman–Crippen MR) is 48.0 cm³/mol. The summed E-state index contributed by atoms with van der Waals surface area (Å²) in [5, 5.41) is 64.1. The SMILES string of the molecule is OC[C@H](O)[C@H](O)[C@H]1O[C@H](O)[C@@H](O)[C@@H](O)[C@H]1O. The Morgan fingerprint density at radius 2 is 1.50 bits per heavy atom. The lowest BCUT2D eigenvalue weighted by molar-refractivity contribution is -0.303. The molecule has 0 bridgehead atoms. The Hall–Kier alpha value is -0.320. The Morgan fingerprint density at radius 3 is 2.00 bits per heavy atom. The standard InChI is InChI=1S/C8H16O8/c9-1-2(10)3(11)7-5(13)4(12)6(14)8(15)16-7/h2-15H,1H2/t2-,3-,4-,5+,6-,7+,8-/m0/s1. The summed E-state index contributed by atoms with van der Waals surface area (Å²) in [5.74, 6) is 0. The molecule has 1 heterocycles. The normalized spacial score (nSPS) is 44.1. The lowest BCUT2D eigenvalue weighted by Crippen LogP contribution is -2.62. The molecule has 0 radical (unpaired) electrons. The third-order valence-corrected chi connectivity index (χ3v) is 2.54. The topological polar surface area (TPSA) is 151 Å². The van der Waals surface area contributed by atoms with E-state index in [1.54, 1.807) is 0 Å². The number of ether oxygens (including phenoxy) is 1. The highest BCUT2D eigenvalue weighted by Crippen LogP contribution is 2.23. The minimum absolute atomic E-state index is 0.775. The van der Waals surface area contributed by atoms with Gasteiger partial charge in [0.2, 0.25) is 0 Å². The zero-order chi connectivity index (χ0) is 12.5. The van der Waals surface area contributed by atoms with E-state index in [0.29, 0.717) is 0 Å². The molecule has 0 aromatic heterocycles. The molecular weight excluding hydrogens is 224 g/mol. The van der Waals surface area contributed by atoms with Crippen LogP contribution in [-0.4, -0.2) is 85.3 Å². The van der Waals surface area contributed by atoms with Crippen LogP contribution in [0.1, 0.15) is 0 Å². The Labute approximate surface area is 91.0 Å². The van der Waals surface area contributed by atoms with E-state index in [0.717, 1.165) is 0 Å². The quantitative estimate of drug-likeness (QED) is 0.261. The van der Waals surface area contributed by atoms with Gasteiger partial charge in [0, 0.05) is 0 Å². The van der Waals surface area contributed by atoms with Crippen molar-refractivity contribution in [2.24, 2.45) is 0 Å². The molecule has 16 heavy (non-hydrogen) atoms. The Morgan fingerprint density at radius 1 is 0.938 bits per heavy atom. The highest BCUT2D eigenvalue weighted by molar-refractivity contribution is 4.93. The van der Waals surface area contributed by atoms with Crippen molar-refractivity contribution in [1.82, 2.24) is 0 Å². The summed E-state index contributed by atoms with van der Waals surface area (Å²) in [4.78, 5) is 0. The van der Waals surface area contributed by atoms with Crippen molar-refractivity contribution in [2.75, 3.05) is 6.61 Å². The first-order valence-electron chi connectivity index (χ1n) is 4.75. The van der Waals surface area contributed by atoms with Crippen molar-refractivity contribution in [3.63, 3.8) is 0 Å². The van der Waals surface area contributed by atoms with Crippen molar-refractivity contribution < 1.29 is 40.5 Å². The predicted octanol–water partition coefficient (Wildman–Crippen LogP) is -4.50. The molecule has 1 rings (SSSR count). The number of rotatable bonds is 3.